The topological polar surface area (TPSA) is 55.3 Å². The Morgan fingerprint density at radius 3 is 2.31 bits per heavy atom. The number of nitrogens with zero attached hydrogens (tertiary/aromatic N) is 1. The number of hydrogen-bond acceptors (Lipinski definition) is 3. The van der Waals surface area contributed by atoms with Crippen molar-refractivity contribution < 1.29 is 0 Å². The van der Waals surface area contributed by atoms with Crippen molar-refractivity contribution >= 4 is 11.4 Å². The Morgan fingerprint density at radius 1 is 1.23 bits per heavy atom. The Labute approximate surface area is 79.3 Å². The standard InChI is InChI=1S/C10H17N3/c1-2-13(8-7-11)10-5-3-9(12)4-6-10/h3-6H,2,7-8,11-12H2,1H3. The van der Waals surface area contributed by atoms with Crippen LogP contribution in [0.3, 0.4) is 0 Å². The first-order valence-electron chi connectivity index (χ1n) is 4.58. The minimum atomic E-state index is 0.679. The molecule has 0 atom stereocenters. The van der Waals surface area contributed by atoms with E-state index in [1.165, 1.54) is 5.69 Å². The molecule has 0 amide bonds. The third-order valence-electron chi connectivity index (χ3n) is 2.04. The van der Waals surface area contributed by atoms with Crippen molar-refractivity contribution in [3.63, 3.8) is 0 Å². The maximum absolute atomic E-state index is 5.60. The molecule has 0 saturated carbocycles. The van der Waals surface area contributed by atoms with Crippen LogP contribution in [-0.4, -0.2) is 19.6 Å². The first kappa shape index (κ1) is 9.86. The lowest BCUT2D eigenvalue weighted by Crippen LogP contribution is -2.28. The highest BCUT2D eigenvalue weighted by Gasteiger charge is 2.01. The molecule has 13 heavy (non-hydrogen) atoms. The fraction of sp³-hybridized carbons (Fsp3) is 0.400. The van der Waals surface area contributed by atoms with Gasteiger partial charge in [-0.3, -0.25) is 0 Å². The van der Waals surface area contributed by atoms with Gasteiger partial charge in [-0.25, -0.2) is 0 Å². The van der Waals surface area contributed by atoms with Gasteiger partial charge >= 0.3 is 0 Å². The molecular weight excluding hydrogens is 162 g/mol. The highest BCUT2D eigenvalue weighted by atomic mass is 15.1. The summed E-state index contributed by atoms with van der Waals surface area (Å²) in [6.07, 6.45) is 0. The van der Waals surface area contributed by atoms with Crippen LogP contribution in [0.1, 0.15) is 6.92 Å². The second kappa shape index (κ2) is 4.72. The fourth-order valence-electron chi connectivity index (χ4n) is 1.31. The minimum Gasteiger partial charge on any atom is -0.399 e. The largest absolute Gasteiger partial charge is 0.399 e. The monoisotopic (exact) mass is 179 g/mol. The van der Waals surface area contributed by atoms with Gasteiger partial charge in [0.05, 0.1) is 0 Å². The van der Waals surface area contributed by atoms with Gasteiger partial charge in [-0.15, -0.1) is 0 Å². The predicted octanol–water partition coefficient (Wildman–Crippen LogP) is 1.05. The number of nitrogen functional groups attached to an aromatic ring is 1. The predicted molar refractivity (Wildman–Crippen MR) is 57.8 cm³/mol. The summed E-state index contributed by atoms with van der Waals surface area (Å²) in [7, 11) is 0. The molecule has 1 aromatic carbocycles. The van der Waals surface area contributed by atoms with Gasteiger partial charge < -0.3 is 16.4 Å². The van der Waals surface area contributed by atoms with Crippen LogP contribution in [0.25, 0.3) is 0 Å². The fourth-order valence-corrected chi connectivity index (χ4v) is 1.31. The second-order valence-electron chi connectivity index (χ2n) is 2.96. The maximum Gasteiger partial charge on any atom is 0.0368 e. The van der Waals surface area contributed by atoms with E-state index in [1.54, 1.807) is 0 Å². The molecule has 1 rings (SSSR count). The van der Waals surface area contributed by atoms with Gasteiger partial charge in [0.15, 0.2) is 0 Å². The van der Waals surface area contributed by atoms with Crippen LogP contribution in [0, 0.1) is 0 Å². The molecule has 0 saturated heterocycles. The summed E-state index contributed by atoms with van der Waals surface area (Å²) >= 11 is 0. The lowest BCUT2D eigenvalue weighted by Gasteiger charge is -2.22. The van der Waals surface area contributed by atoms with Crippen molar-refractivity contribution in [2.45, 2.75) is 6.92 Å². The highest BCUT2D eigenvalue weighted by molar-refractivity contribution is 5.52. The average Bonchev–Trinajstić information content (AvgIpc) is 2.16. The zero-order chi connectivity index (χ0) is 9.68. The van der Waals surface area contributed by atoms with E-state index in [-0.39, 0.29) is 0 Å². The number of likely N-dealkylation sites (N-methyl/N-ethyl adjacent to an activating group) is 1. The van der Waals surface area contributed by atoms with Gasteiger partial charge in [0.1, 0.15) is 0 Å². The summed E-state index contributed by atoms with van der Waals surface area (Å²) in [4.78, 5) is 2.22. The van der Waals surface area contributed by atoms with Crippen LogP contribution < -0.4 is 16.4 Å². The summed E-state index contributed by atoms with van der Waals surface area (Å²) < 4.78 is 0. The normalized spacial score (nSPS) is 10.0. The van der Waals surface area contributed by atoms with E-state index in [9.17, 15) is 0 Å². The highest BCUT2D eigenvalue weighted by Crippen LogP contribution is 2.15. The van der Waals surface area contributed by atoms with Crippen LogP contribution in [0.4, 0.5) is 11.4 Å². The number of nitrogens with two attached hydrogens (primary N) is 2. The number of benzene rings is 1. The van der Waals surface area contributed by atoms with E-state index < -0.39 is 0 Å². The molecule has 0 radical (unpaired) electrons. The SMILES string of the molecule is CCN(CCN)c1ccc(N)cc1. The Morgan fingerprint density at radius 2 is 1.85 bits per heavy atom. The van der Waals surface area contributed by atoms with Crippen molar-refractivity contribution in [1.82, 2.24) is 0 Å². The lowest BCUT2D eigenvalue weighted by molar-refractivity contribution is 0.817. The molecule has 0 aliphatic rings. The Bertz CT molecular complexity index is 243. The molecule has 0 spiro atoms. The van der Waals surface area contributed by atoms with Crippen molar-refractivity contribution in [1.29, 1.82) is 0 Å². The molecule has 1 aromatic rings. The van der Waals surface area contributed by atoms with Crippen LogP contribution in [0.5, 0.6) is 0 Å². The van der Waals surface area contributed by atoms with Crippen molar-refractivity contribution in [2.24, 2.45) is 5.73 Å². The van der Waals surface area contributed by atoms with Crippen molar-refractivity contribution in [3.05, 3.63) is 24.3 Å². The quantitative estimate of drug-likeness (QED) is 0.679. The summed E-state index contributed by atoms with van der Waals surface area (Å²) in [6, 6.07) is 7.87. The Kier molecular flexibility index (Phi) is 3.58. The van der Waals surface area contributed by atoms with Crippen molar-refractivity contribution in [3.8, 4) is 0 Å². The summed E-state index contributed by atoms with van der Waals surface area (Å²) in [5, 5.41) is 0. The van der Waals surface area contributed by atoms with Gasteiger partial charge in [0.25, 0.3) is 0 Å². The third-order valence-corrected chi connectivity index (χ3v) is 2.04. The molecule has 0 aromatic heterocycles. The summed E-state index contributed by atoms with van der Waals surface area (Å²) in [5.41, 5.74) is 13.1. The van der Waals surface area contributed by atoms with Crippen LogP contribution in [0.15, 0.2) is 24.3 Å². The number of anilines is 2. The summed E-state index contributed by atoms with van der Waals surface area (Å²) in [6.45, 7) is 4.66. The van der Waals surface area contributed by atoms with E-state index in [1.807, 2.05) is 24.3 Å². The van der Waals surface area contributed by atoms with Gasteiger partial charge in [-0.2, -0.15) is 0 Å². The van der Waals surface area contributed by atoms with E-state index in [0.29, 0.717) is 6.54 Å². The zero-order valence-corrected chi connectivity index (χ0v) is 8.03. The minimum absolute atomic E-state index is 0.679. The van der Waals surface area contributed by atoms with Gasteiger partial charge in [-0.1, -0.05) is 0 Å². The summed E-state index contributed by atoms with van der Waals surface area (Å²) in [5.74, 6) is 0. The van der Waals surface area contributed by atoms with E-state index in [2.05, 4.69) is 11.8 Å². The Hall–Kier alpha value is -1.22. The molecule has 3 nitrogen and oxygen atoms in total. The second-order valence-corrected chi connectivity index (χ2v) is 2.96. The number of rotatable bonds is 4. The van der Waals surface area contributed by atoms with Crippen LogP contribution >= 0.6 is 0 Å². The molecule has 72 valence electrons. The molecule has 0 heterocycles. The third kappa shape index (κ3) is 2.63. The van der Waals surface area contributed by atoms with Gasteiger partial charge in [-0.05, 0) is 31.2 Å². The molecule has 0 bridgehead atoms. The molecular formula is C10H17N3. The van der Waals surface area contributed by atoms with Gasteiger partial charge in [0.2, 0.25) is 0 Å². The molecule has 3 heteroatoms. The molecule has 4 N–H and O–H groups in total. The molecule has 0 fully saturated rings. The first-order chi connectivity index (χ1) is 6.27. The number of hydrogen-bond donors (Lipinski definition) is 2. The maximum atomic E-state index is 5.60. The Balaban J connectivity index is 2.73. The van der Waals surface area contributed by atoms with E-state index in [0.717, 1.165) is 18.8 Å². The average molecular weight is 179 g/mol. The van der Waals surface area contributed by atoms with Crippen LogP contribution in [-0.2, 0) is 0 Å². The molecule has 0 unspecified atom stereocenters. The molecule has 0 aliphatic heterocycles. The smallest absolute Gasteiger partial charge is 0.0368 e. The lowest BCUT2D eigenvalue weighted by atomic mass is 10.2. The van der Waals surface area contributed by atoms with Crippen LogP contribution in [0.2, 0.25) is 0 Å². The van der Waals surface area contributed by atoms with Crippen molar-refractivity contribution in [2.75, 3.05) is 30.3 Å². The zero-order valence-electron chi connectivity index (χ0n) is 8.03. The van der Waals surface area contributed by atoms with E-state index in [4.69, 9.17) is 11.5 Å². The van der Waals surface area contributed by atoms with Gasteiger partial charge in [0, 0.05) is 31.0 Å². The first-order valence-corrected chi connectivity index (χ1v) is 4.58. The van der Waals surface area contributed by atoms with E-state index >= 15 is 0 Å². The molecule has 0 aliphatic carbocycles.